The van der Waals surface area contributed by atoms with Gasteiger partial charge in [0.25, 0.3) is 0 Å². The van der Waals surface area contributed by atoms with Crippen LogP contribution < -0.4 is 0 Å². The van der Waals surface area contributed by atoms with E-state index in [0.29, 0.717) is 34.9 Å². The van der Waals surface area contributed by atoms with E-state index in [4.69, 9.17) is 34.3 Å². The maximum Gasteiger partial charge on any atom is 0.164 e. The Balaban J connectivity index is 0.968. The largest absolute Gasteiger partial charge is 0.455 e. The van der Waals surface area contributed by atoms with E-state index >= 15 is 0 Å². The molecule has 0 aliphatic heterocycles. The minimum atomic E-state index is 0.585. The molecule has 0 saturated heterocycles. The molecule has 0 radical (unpaired) electrons. The van der Waals surface area contributed by atoms with E-state index in [1.54, 1.807) is 0 Å². The smallest absolute Gasteiger partial charge is 0.164 e. The van der Waals surface area contributed by atoms with Crippen LogP contribution in [0.15, 0.2) is 211 Å². The van der Waals surface area contributed by atoms with Crippen LogP contribution in [0.1, 0.15) is 0 Å². The molecule has 0 aliphatic carbocycles. The normalized spacial score (nSPS) is 11.3. The molecule has 0 aliphatic rings. The Kier molecular flexibility index (Phi) is 9.02. The highest BCUT2D eigenvalue weighted by molar-refractivity contribution is 6.15. The van der Waals surface area contributed by atoms with E-state index in [0.717, 1.165) is 77.6 Å². The van der Waals surface area contributed by atoms with Crippen molar-refractivity contribution in [2.75, 3.05) is 0 Å². The summed E-state index contributed by atoms with van der Waals surface area (Å²) in [5, 5.41) is 1.95. The van der Waals surface area contributed by atoms with Gasteiger partial charge in [0.15, 0.2) is 34.9 Å². The van der Waals surface area contributed by atoms with Crippen LogP contribution in [-0.2, 0) is 0 Å². The Morgan fingerprint density at radius 2 is 0.639 bits per heavy atom. The lowest BCUT2D eigenvalue weighted by Gasteiger charge is -2.10. The first-order valence-electron chi connectivity index (χ1n) is 20.1. The van der Waals surface area contributed by atoms with Gasteiger partial charge in [-0.2, -0.15) is 0 Å². The van der Waals surface area contributed by atoms with Gasteiger partial charge >= 0.3 is 0 Å². The van der Waals surface area contributed by atoms with Crippen molar-refractivity contribution >= 4 is 21.9 Å². The number of para-hydroxylation sites is 1. The molecular formula is C54H34N6O. The van der Waals surface area contributed by atoms with Crippen LogP contribution in [0, 0.1) is 0 Å². The zero-order valence-electron chi connectivity index (χ0n) is 32.7. The summed E-state index contributed by atoms with van der Waals surface area (Å²) < 4.78 is 6.73. The quantitative estimate of drug-likeness (QED) is 0.152. The zero-order valence-corrected chi connectivity index (χ0v) is 32.7. The van der Waals surface area contributed by atoms with Crippen LogP contribution in [0.3, 0.4) is 0 Å². The minimum absolute atomic E-state index is 0.585. The number of rotatable bonds is 8. The SMILES string of the molecule is c1ccc(-c2nc(-c3ccccc3)nc(-c3ccc(-c4cccc(-c5cccc6c5oc5cccc(-c7nc(-c8ccccc8)nc(-c8ccccc8)n7)c56)c4)cc3)n2)cc1. The van der Waals surface area contributed by atoms with E-state index in [-0.39, 0.29) is 0 Å². The summed E-state index contributed by atoms with van der Waals surface area (Å²) in [4.78, 5) is 29.7. The monoisotopic (exact) mass is 782 g/mol. The first-order valence-corrected chi connectivity index (χ1v) is 20.1. The molecule has 0 spiro atoms. The summed E-state index contributed by atoms with van der Waals surface area (Å²) >= 11 is 0. The molecule has 8 aromatic carbocycles. The minimum Gasteiger partial charge on any atom is -0.455 e. The van der Waals surface area contributed by atoms with Gasteiger partial charge in [0.1, 0.15) is 11.2 Å². The van der Waals surface area contributed by atoms with Crippen molar-refractivity contribution < 1.29 is 4.42 Å². The zero-order chi connectivity index (χ0) is 40.5. The number of furan rings is 1. The summed E-state index contributed by atoms with van der Waals surface area (Å²) in [5.41, 5.74) is 11.3. The maximum atomic E-state index is 6.73. The van der Waals surface area contributed by atoms with Crippen LogP contribution in [0.5, 0.6) is 0 Å². The van der Waals surface area contributed by atoms with Gasteiger partial charge in [-0.05, 0) is 28.8 Å². The fourth-order valence-corrected chi connectivity index (χ4v) is 7.81. The lowest BCUT2D eigenvalue weighted by atomic mass is 9.96. The summed E-state index contributed by atoms with van der Waals surface area (Å²) in [5.74, 6) is 3.70. The molecule has 0 N–H and O–H groups in total. The van der Waals surface area contributed by atoms with Crippen molar-refractivity contribution in [2.45, 2.75) is 0 Å². The predicted molar refractivity (Wildman–Crippen MR) is 244 cm³/mol. The third kappa shape index (κ3) is 6.90. The molecule has 0 amide bonds. The van der Waals surface area contributed by atoms with Gasteiger partial charge in [0, 0.05) is 49.7 Å². The van der Waals surface area contributed by atoms with E-state index in [2.05, 4.69) is 72.8 Å². The first kappa shape index (κ1) is 35.7. The molecular weight excluding hydrogens is 749 g/mol. The number of fused-ring (bicyclic) bond motifs is 3. The number of hydrogen-bond acceptors (Lipinski definition) is 7. The third-order valence-corrected chi connectivity index (χ3v) is 10.8. The average Bonchev–Trinajstić information content (AvgIpc) is 3.74. The Hall–Kier alpha value is -8.42. The predicted octanol–water partition coefficient (Wildman–Crippen LogP) is 13.3. The van der Waals surface area contributed by atoms with Gasteiger partial charge in [-0.15, -0.1) is 0 Å². The molecule has 11 aromatic rings. The molecule has 286 valence electrons. The first-order chi connectivity index (χ1) is 30.2. The lowest BCUT2D eigenvalue weighted by Crippen LogP contribution is -2.00. The molecule has 7 nitrogen and oxygen atoms in total. The number of nitrogens with zero attached hydrogens (tertiary/aromatic N) is 6. The van der Waals surface area contributed by atoms with Crippen LogP contribution in [0.25, 0.3) is 113 Å². The Morgan fingerprint density at radius 1 is 0.262 bits per heavy atom. The van der Waals surface area contributed by atoms with E-state index in [9.17, 15) is 0 Å². The van der Waals surface area contributed by atoms with E-state index in [1.165, 1.54) is 0 Å². The molecule has 3 heterocycles. The average molecular weight is 783 g/mol. The Bertz CT molecular complexity index is 3220. The molecule has 0 saturated carbocycles. The van der Waals surface area contributed by atoms with Crippen molar-refractivity contribution in [3.63, 3.8) is 0 Å². The molecule has 3 aromatic heterocycles. The van der Waals surface area contributed by atoms with Crippen molar-refractivity contribution in [2.24, 2.45) is 0 Å². The van der Waals surface area contributed by atoms with Crippen LogP contribution in [0.4, 0.5) is 0 Å². The van der Waals surface area contributed by atoms with E-state index in [1.807, 2.05) is 133 Å². The van der Waals surface area contributed by atoms with Crippen LogP contribution in [-0.4, -0.2) is 29.9 Å². The molecule has 61 heavy (non-hydrogen) atoms. The van der Waals surface area contributed by atoms with Gasteiger partial charge < -0.3 is 4.42 Å². The molecule has 7 heteroatoms. The standard InChI is InChI=1S/C54H34N6O/c1-5-16-36(17-6-1)49-55-50(37-18-7-2-8-19-37)57-53(56-49)40-32-30-35(31-33-40)41-24-13-25-42(34-41)43-26-14-27-44-47-45(28-15-29-46(47)61-48(43)44)54-59-51(38-20-9-3-10-21-38)58-52(60-54)39-22-11-4-12-23-39/h1-34H. The van der Waals surface area contributed by atoms with Gasteiger partial charge in [0.05, 0.1) is 0 Å². The summed E-state index contributed by atoms with van der Waals surface area (Å²) in [7, 11) is 0. The number of aromatic nitrogens is 6. The van der Waals surface area contributed by atoms with Gasteiger partial charge in [-0.25, -0.2) is 29.9 Å². The van der Waals surface area contributed by atoms with Gasteiger partial charge in [-0.1, -0.05) is 194 Å². The van der Waals surface area contributed by atoms with Gasteiger partial charge in [0.2, 0.25) is 0 Å². The van der Waals surface area contributed by atoms with E-state index < -0.39 is 0 Å². The second-order valence-electron chi connectivity index (χ2n) is 14.7. The summed E-state index contributed by atoms with van der Waals surface area (Å²) in [6.45, 7) is 0. The number of benzene rings is 8. The fraction of sp³-hybridized carbons (Fsp3) is 0. The highest BCUT2D eigenvalue weighted by Crippen LogP contribution is 2.41. The lowest BCUT2D eigenvalue weighted by molar-refractivity contribution is 0.670. The van der Waals surface area contributed by atoms with Crippen LogP contribution >= 0.6 is 0 Å². The fourth-order valence-electron chi connectivity index (χ4n) is 7.81. The molecule has 0 atom stereocenters. The second kappa shape index (κ2) is 15.4. The topological polar surface area (TPSA) is 90.5 Å². The molecule has 0 bridgehead atoms. The Morgan fingerprint density at radius 3 is 1.15 bits per heavy atom. The van der Waals surface area contributed by atoms with Crippen molar-refractivity contribution in [1.29, 1.82) is 0 Å². The molecule has 11 rings (SSSR count). The summed E-state index contributed by atoms with van der Waals surface area (Å²) in [6.07, 6.45) is 0. The Labute approximate surface area is 351 Å². The van der Waals surface area contributed by atoms with Crippen molar-refractivity contribution in [3.05, 3.63) is 206 Å². The third-order valence-electron chi connectivity index (χ3n) is 10.8. The molecule has 0 fully saturated rings. The summed E-state index contributed by atoms with van der Waals surface area (Å²) in [6, 6.07) is 69.5. The highest BCUT2D eigenvalue weighted by Gasteiger charge is 2.20. The highest BCUT2D eigenvalue weighted by atomic mass is 16.3. The maximum absolute atomic E-state index is 6.73. The van der Waals surface area contributed by atoms with Crippen molar-refractivity contribution in [3.8, 4) is 90.6 Å². The van der Waals surface area contributed by atoms with Crippen LogP contribution in [0.2, 0.25) is 0 Å². The molecule has 0 unspecified atom stereocenters. The van der Waals surface area contributed by atoms with Gasteiger partial charge in [-0.3, -0.25) is 0 Å². The number of hydrogen-bond donors (Lipinski definition) is 0. The van der Waals surface area contributed by atoms with Crippen molar-refractivity contribution in [1.82, 2.24) is 29.9 Å². The second-order valence-corrected chi connectivity index (χ2v) is 14.7.